The Kier molecular flexibility index (Phi) is 7.75. The van der Waals surface area contributed by atoms with E-state index in [2.05, 4.69) is 36.9 Å². The van der Waals surface area contributed by atoms with Gasteiger partial charge in [0, 0.05) is 16.8 Å². The molecule has 37 heavy (non-hydrogen) atoms. The molecule has 0 aliphatic heterocycles. The molecule has 3 aliphatic carbocycles. The second kappa shape index (κ2) is 10.9. The summed E-state index contributed by atoms with van der Waals surface area (Å²) < 4.78 is 1.93. The highest BCUT2D eigenvalue weighted by molar-refractivity contribution is 7.14. The summed E-state index contributed by atoms with van der Waals surface area (Å²) >= 11 is 1.41. The SMILES string of the molecule is CC1(C)CCC(c2cc(N(C(=O)[C@H]3CC[C@H](C)CC3)[C@H]3CC[C@@H](n4cncn4)CC3)c(C(=O)O)s2)CC1. The molecule has 0 bridgehead atoms. The van der Waals surface area contributed by atoms with Crippen LogP contribution in [0, 0.1) is 17.3 Å². The molecule has 3 fully saturated rings. The molecule has 1 N–H and O–H groups in total. The highest BCUT2D eigenvalue weighted by atomic mass is 32.1. The van der Waals surface area contributed by atoms with Crippen LogP contribution in [0.5, 0.6) is 0 Å². The molecule has 8 heteroatoms. The van der Waals surface area contributed by atoms with E-state index in [4.69, 9.17) is 0 Å². The van der Waals surface area contributed by atoms with Crippen molar-refractivity contribution in [3.8, 4) is 0 Å². The van der Waals surface area contributed by atoms with Crippen LogP contribution in [-0.4, -0.2) is 37.8 Å². The van der Waals surface area contributed by atoms with Crippen molar-refractivity contribution >= 4 is 28.9 Å². The molecule has 0 aromatic carbocycles. The minimum Gasteiger partial charge on any atom is -0.477 e. The fraction of sp³-hybridized carbons (Fsp3) is 0.724. The molecule has 2 heterocycles. The minimum atomic E-state index is -0.909. The molecule has 3 aliphatic rings. The van der Waals surface area contributed by atoms with Gasteiger partial charge >= 0.3 is 5.97 Å². The molecular formula is C29H42N4O3S. The van der Waals surface area contributed by atoms with E-state index in [0.29, 0.717) is 27.8 Å². The van der Waals surface area contributed by atoms with E-state index in [1.165, 1.54) is 11.3 Å². The molecule has 0 radical (unpaired) electrons. The Labute approximate surface area is 224 Å². The third-order valence-corrected chi connectivity index (χ3v) is 10.6. The maximum Gasteiger partial charge on any atom is 0.348 e. The summed E-state index contributed by atoms with van der Waals surface area (Å²) in [5.41, 5.74) is 1.01. The predicted octanol–water partition coefficient (Wildman–Crippen LogP) is 7.06. The maximum atomic E-state index is 14.2. The summed E-state index contributed by atoms with van der Waals surface area (Å²) in [5.74, 6) is 0.278. The molecule has 5 rings (SSSR count). The molecule has 202 valence electrons. The zero-order valence-electron chi connectivity index (χ0n) is 22.6. The average Bonchev–Trinajstić information content (AvgIpc) is 3.56. The van der Waals surface area contributed by atoms with Crippen LogP contribution < -0.4 is 4.90 Å². The number of nitrogens with zero attached hydrogens (tertiary/aromatic N) is 4. The standard InChI is InChI=1S/C29H42N4O3S/c1-19-4-6-21(7-5-19)27(34)33(23-10-8-22(9-11-23)32-18-30-17-31-32)24-16-25(37-26(24)28(35)36)20-12-14-29(2,3)15-13-20/h16-23H,4-15H2,1-3H3,(H,35,36)/t19-,21-,22-,23+. The lowest BCUT2D eigenvalue weighted by molar-refractivity contribution is -0.124. The fourth-order valence-corrected chi connectivity index (χ4v) is 7.96. The summed E-state index contributed by atoms with van der Waals surface area (Å²) in [6.07, 6.45) is 15.3. The fourth-order valence-electron chi connectivity index (χ4n) is 6.80. The van der Waals surface area contributed by atoms with Crippen LogP contribution in [-0.2, 0) is 4.79 Å². The molecule has 2 aromatic rings. The van der Waals surface area contributed by atoms with Gasteiger partial charge in [-0.15, -0.1) is 11.3 Å². The van der Waals surface area contributed by atoms with E-state index in [-0.39, 0.29) is 23.9 Å². The van der Waals surface area contributed by atoms with Gasteiger partial charge in [-0.25, -0.2) is 14.5 Å². The second-order valence-electron chi connectivity index (χ2n) is 12.6. The number of aromatic carboxylic acids is 1. The monoisotopic (exact) mass is 526 g/mol. The zero-order valence-corrected chi connectivity index (χ0v) is 23.4. The van der Waals surface area contributed by atoms with Crippen LogP contribution in [0.15, 0.2) is 18.7 Å². The smallest absolute Gasteiger partial charge is 0.348 e. The first-order valence-corrected chi connectivity index (χ1v) is 15.1. The van der Waals surface area contributed by atoms with Crippen molar-refractivity contribution in [1.29, 1.82) is 0 Å². The normalized spacial score (nSPS) is 28.6. The Balaban J connectivity index is 1.44. The number of aromatic nitrogens is 3. The maximum absolute atomic E-state index is 14.2. The number of carbonyl (C=O) groups excluding carboxylic acids is 1. The van der Waals surface area contributed by atoms with E-state index in [1.807, 2.05) is 9.58 Å². The van der Waals surface area contributed by atoms with E-state index in [1.54, 1.807) is 12.7 Å². The summed E-state index contributed by atoms with van der Waals surface area (Å²) in [4.78, 5) is 34.2. The lowest BCUT2D eigenvalue weighted by Crippen LogP contribution is -2.46. The minimum absolute atomic E-state index is 0.00952. The molecule has 0 unspecified atom stereocenters. The predicted molar refractivity (Wildman–Crippen MR) is 146 cm³/mol. The molecule has 0 spiro atoms. The van der Waals surface area contributed by atoms with Crippen molar-refractivity contribution in [3.63, 3.8) is 0 Å². The Morgan fingerprint density at radius 2 is 1.70 bits per heavy atom. The Morgan fingerprint density at radius 3 is 2.30 bits per heavy atom. The molecular weight excluding hydrogens is 484 g/mol. The largest absolute Gasteiger partial charge is 0.477 e. The number of anilines is 1. The van der Waals surface area contributed by atoms with Crippen molar-refractivity contribution in [2.45, 2.75) is 116 Å². The Hall–Kier alpha value is -2.22. The summed E-state index contributed by atoms with van der Waals surface area (Å²) in [7, 11) is 0. The van der Waals surface area contributed by atoms with Gasteiger partial charge in [0.1, 0.15) is 17.5 Å². The first-order chi connectivity index (χ1) is 17.7. The zero-order chi connectivity index (χ0) is 26.2. The van der Waals surface area contributed by atoms with E-state index in [0.717, 1.165) is 81.9 Å². The van der Waals surface area contributed by atoms with Gasteiger partial charge < -0.3 is 10.0 Å². The lowest BCUT2D eigenvalue weighted by Gasteiger charge is -2.39. The number of thiophene rings is 1. The quantitative estimate of drug-likeness (QED) is 0.435. The molecule has 1 amide bonds. The van der Waals surface area contributed by atoms with Crippen LogP contribution >= 0.6 is 11.3 Å². The van der Waals surface area contributed by atoms with Gasteiger partial charge in [-0.2, -0.15) is 5.10 Å². The van der Waals surface area contributed by atoms with Gasteiger partial charge in [0.15, 0.2) is 0 Å². The van der Waals surface area contributed by atoms with Gasteiger partial charge in [-0.3, -0.25) is 4.79 Å². The third kappa shape index (κ3) is 5.79. The first-order valence-electron chi connectivity index (χ1n) is 14.3. The third-order valence-electron chi connectivity index (χ3n) is 9.37. The van der Waals surface area contributed by atoms with Crippen molar-refractivity contribution in [3.05, 3.63) is 28.5 Å². The van der Waals surface area contributed by atoms with Crippen molar-refractivity contribution in [1.82, 2.24) is 14.8 Å². The van der Waals surface area contributed by atoms with E-state index >= 15 is 0 Å². The Bertz CT molecular complexity index is 1070. The molecule has 0 atom stereocenters. The van der Waals surface area contributed by atoms with E-state index < -0.39 is 5.97 Å². The van der Waals surface area contributed by atoms with E-state index in [9.17, 15) is 14.7 Å². The van der Waals surface area contributed by atoms with Crippen LogP contribution in [0.25, 0.3) is 0 Å². The molecule has 2 aromatic heterocycles. The molecule has 3 saturated carbocycles. The highest BCUT2D eigenvalue weighted by Crippen LogP contribution is 2.47. The number of carboxylic acids is 1. The summed E-state index contributed by atoms with van der Waals surface area (Å²) in [6.45, 7) is 6.92. The number of carbonyl (C=O) groups is 2. The van der Waals surface area contributed by atoms with Crippen molar-refractivity contribution in [2.75, 3.05) is 4.90 Å². The lowest BCUT2D eigenvalue weighted by atomic mass is 9.73. The number of amides is 1. The van der Waals surface area contributed by atoms with Crippen LogP contribution in [0.1, 0.15) is 124 Å². The van der Waals surface area contributed by atoms with Crippen LogP contribution in [0.2, 0.25) is 0 Å². The number of rotatable bonds is 6. The van der Waals surface area contributed by atoms with Gasteiger partial charge in [0.2, 0.25) is 5.91 Å². The van der Waals surface area contributed by atoms with Gasteiger partial charge in [0.05, 0.1) is 11.7 Å². The van der Waals surface area contributed by atoms with Crippen molar-refractivity contribution < 1.29 is 14.7 Å². The highest BCUT2D eigenvalue weighted by Gasteiger charge is 2.39. The number of carboxylic acid groups (broad SMARTS) is 1. The number of hydrogen-bond donors (Lipinski definition) is 1. The average molecular weight is 527 g/mol. The van der Waals surface area contributed by atoms with Gasteiger partial charge in [-0.05, 0) is 100 Å². The van der Waals surface area contributed by atoms with Gasteiger partial charge in [-0.1, -0.05) is 20.8 Å². The first kappa shape index (κ1) is 26.4. The Morgan fingerprint density at radius 1 is 1.03 bits per heavy atom. The van der Waals surface area contributed by atoms with Crippen LogP contribution in [0.4, 0.5) is 5.69 Å². The second-order valence-corrected chi connectivity index (χ2v) is 13.7. The molecule has 0 saturated heterocycles. The summed E-state index contributed by atoms with van der Waals surface area (Å²) in [5, 5.41) is 14.6. The summed E-state index contributed by atoms with van der Waals surface area (Å²) in [6, 6.07) is 2.40. The topological polar surface area (TPSA) is 88.3 Å². The number of hydrogen-bond acceptors (Lipinski definition) is 5. The van der Waals surface area contributed by atoms with Gasteiger partial charge in [0.25, 0.3) is 0 Å². The van der Waals surface area contributed by atoms with Crippen LogP contribution in [0.3, 0.4) is 0 Å². The molecule has 7 nitrogen and oxygen atoms in total. The van der Waals surface area contributed by atoms with Crippen molar-refractivity contribution in [2.24, 2.45) is 17.3 Å².